The summed E-state index contributed by atoms with van der Waals surface area (Å²) >= 11 is 0. The summed E-state index contributed by atoms with van der Waals surface area (Å²) in [7, 11) is -3.57. The Kier molecular flexibility index (Phi) is 6.29. The monoisotopic (exact) mass is 416 g/mol. The van der Waals surface area contributed by atoms with Gasteiger partial charge >= 0.3 is 0 Å². The van der Waals surface area contributed by atoms with Gasteiger partial charge in [-0.2, -0.15) is 4.31 Å². The molecule has 0 unspecified atom stereocenters. The summed E-state index contributed by atoms with van der Waals surface area (Å²) in [6.45, 7) is 8.88. The minimum Gasteiger partial charge on any atom is -0.484 e. The topological polar surface area (TPSA) is 66.9 Å². The lowest BCUT2D eigenvalue weighted by molar-refractivity contribution is -0.134. The quantitative estimate of drug-likeness (QED) is 0.752. The number of carbonyl (C=O) groups excluding carboxylic acids is 1. The van der Waals surface area contributed by atoms with Gasteiger partial charge in [-0.1, -0.05) is 29.8 Å². The molecule has 0 bridgehead atoms. The number of hydrogen-bond donors (Lipinski definition) is 0. The van der Waals surface area contributed by atoms with E-state index < -0.39 is 10.0 Å². The zero-order valence-electron chi connectivity index (χ0n) is 17.4. The molecule has 3 rings (SSSR count). The predicted octanol–water partition coefficient (Wildman–Crippen LogP) is 2.83. The standard InChI is InChI=1S/C22H28N2O4S/c1-16-6-8-20(19(4)13-16)28-15-22(25)23-9-11-24(12-10-23)29(26,27)21-14-17(2)5-7-18(21)3/h5-8,13-14H,9-12,15H2,1-4H3. The van der Waals surface area contributed by atoms with Crippen molar-refractivity contribution >= 4 is 15.9 Å². The van der Waals surface area contributed by atoms with Crippen molar-refractivity contribution in [3.05, 3.63) is 58.7 Å². The zero-order valence-corrected chi connectivity index (χ0v) is 18.3. The first kappa shape index (κ1) is 21.3. The molecule has 1 aliphatic rings. The molecule has 29 heavy (non-hydrogen) atoms. The summed E-state index contributed by atoms with van der Waals surface area (Å²) in [4.78, 5) is 14.5. The lowest BCUT2D eigenvalue weighted by Gasteiger charge is -2.34. The summed E-state index contributed by atoms with van der Waals surface area (Å²) in [6, 6.07) is 11.3. The van der Waals surface area contributed by atoms with Gasteiger partial charge in [0.15, 0.2) is 6.61 Å². The Labute approximate surface area is 173 Å². The highest BCUT2D eigenvalue weighted by Gasteiger charge is 2.31. The highest BCUT2D eigenvalue weighted by molar-refractivity contribution is 7.89. The Morgan fingerprint density at radius 1 is 0.897 bits per heavy atom. The van der Waals surface area contributed by atoms with Crippen LogP contribution >= 0.6 is 0 Å². The van der Waals surface area contributed by atoms with Crippen LogP contribution in [0.4, 0.5) is 0 Å². The van der Waals surface area contributed by atoms with E-state index in [0.717, 1.165) is 22.3 Å². The first-order chi connectivity index (χ1) is 13.7. The van der Waals surface area contributed by atoms with Crippen molar-refractivity contribution in [2.45, 2.75) is 32.6 Å². The highest BCUT2D eigenvalue weighted by Crippen LogP contribution is 2.23. The first-order valence-corrected chi connectivity index (χ1v) is 11.2. The lowest BCUT2D eigenvalue weighted by atomic mass is 10.1. The van der Waals surface area contributed by atoms with Crippen LogP contribution in [-0.2, 0) is 14.8 Å². The number of rotatable bonds is 5. The molecular weight excluding hydrogens is 388 g/mol. The molecule has 7 heteroatoms. The van der Waals surface area contributed by atoms with E-state index in [1.165, 1.54) is 4.31 Å². The summed E-state index contributed by atoms with van der Waals surface area (Å²) < 4.78 is 33.2. The molecule has 156 valence electrons. The number of ether oxygens (including phenoxy) is 1. The van der Waals surface area contributed by atoms with Crippen molar-refractivity contribution in [3.63, 3.8) is 0 Å². The van der Waals surface area contributed by atoms with Gasteiger partial charge in [-0.3, -0.25) is 4.79 Å². The Morgan fingerprint density at radius 3 is 2.17 bits per heavy atom. The van der Waals surface area contributed by atoms with Gasteiger partial charge in [-0.25, -0.2) is 8.42 Å². The molecule has 2 aromatic carbocycles. The molecule has 1 aliphatic heterocycles. The summed E-state index contributed by atoms with van der Waals surface area (Å²) in [6.07, 6.45) is 0. The number of hydrogen-bond acceptors (Lipinski definition) is 4. The maximum Gasteiger partial charge on any atom is 0.260 e. The summed E-state index contributed by atoms with van der Waals surface area (Å²) in [5, 5.41) is 0. The van der Waals surface area contributed by atoms with E-state index in [0.29, 0.717) is 23.7 Å². The number of aryl methyl sites for hydroxylation is 4. The van der Waals surface area contributed by atoms with Gasteiger partial charge in [-0.15, -0.1) is 0 Å². The number of amides is 1. The van der Waals surface area contributed by atoms with E-state index in [9.17, 15) is 13.2 Å². The predicted molar refractivity (Wildman–Crippen MR) is 113 cm³/mol. The van der Waals surface area contributed by atoms with Crippen LogP contribution in [0, 0.1) is 27.7 Å². The van der Waals surface area contributed by atoms with E-state index in [-0.39, 0.29) is 25.6 Å². The number of nitrogens with zero attached hydrogens (tertiary/aromatic N) is 2. The molecule has 1 saturated heterocycles. The molecule has 0 aliphatic carbocycles. The minimum absolute atomic E-state index is 0.0480. The normalized spacial score (nSPS) is 15.4. The number of benzene rings is 2. The lowest BCUT2D eigenvalue weighted by Crippen LogP contribution is -2.51. The number of carbonyl (C=O) groups is 1. The molecule has 0 atom stereocenters. The fraction of sp³-hybridized carbons (Fsp3) is 0.409. The third kappa shape index (κ3) is 4.79. The second-order valence-corrected chi connectivity index (χ2v) is 9.52. The van der Waals surface area contributed by atoms with Gasteiger partial charge in [0.2, 0.25) is 10.0 Å². The Bertz CT molecular complexity index is 1010. The van der Waals surface area contributed by atoms with E-state index in [1.54, 1.807) is 17.9 Å². The van der Waals surface area contributed by atoms with Crippen molar-refractivity contribution in [3.8, 4) is 5.75 Å². The molecule has 0 spiro atoms. The van der Waals surface area contributed by atoms with Crippen LogP contribution < -0.4 is 4.74 Å². The van der Waals surface area contributed by atoms with E-state index >= 15 is 0 Å². The third-order valence-electron chi connectivity index (χ3n) is 5.23. The molecular formula is C22H28N2O4S. The molecule has 0 aromatic heterocycles. The second kappa shape index (κ2) is 8.55. The van der Waals surface area contributed by atoms with Crippen molar-refractivity contribution < 1.29 is 17.9 Å². The molecule has 0 N–H and O–H groups in total. The fourth-order valence-corrected chi connectivity index (χ4v) is 5.23. The summed E-state index contributed by atoms with van der Waals surface area (Å²) in [5.74, 6) is 0.564. The van der Waals surface area contributed by atoms with E-state index in [2.05, 4.69) is 0 Å². The molecule has 6 nitrogen and oxygen atoms in total. The largest absolute Gasteiger partial charge is 0.484 e. The zero-order chi connectivity index (χ0) is 21.2. The second-order valence-electron chi connectivity index (χ2n) is 7.61. The Hall–Kier alpha value is -2.38. The van der Waals surface area contributed by atoms with Crippen LogP contribution in [0.5, 0.6) is 5.75 Å². The SMILES string of the molecule is Cc1ccc(OCC(=O)N2CCN(S(=O)(=O)c3cc(C)ccc3C)CC2)c(C)c1. The average Bonchev–Trinajstić information content (AvgIpc) is 2.69. The third-order valence-corrected chi connectivity index (χ3v) is 7.28. The van der Waals surface area contributed by atoms with Crippen LogP contribution in [0.1, 0.15) is 22.3 Å². The fourth-order valence-electron chi connectivity index (χ4n) is 3.49. The van der Waals surface area contributed by atoms with Crippen molar-refractivity contribution in [1.82, 2.24) is 9.21 Å². The van der Waals surface area contributed by atoms with Gasteiger partial charge in [0.1, 0.15) is 5.75 Å². The Morgan fingerprint density at radius 2 is 1.52 bits per heavy atom. The van der Waals surface area contributed by atoms with Gasteiger partial charge in [0, 0.05) is 26.2 Å². The molecule has 0 saturated carbocycles. The highest BCUT2D eigenvalue weighted by atomic mass is 32.2. The smallest absolute Gasteiger partial charge is 0.260 e. The van der Waals surface area contributed by atoms with E-state index in [4.69, 9.17) is 4.74 Å². The molecule has 1 fully saturated rings. The molecule has 1 heterocycles. The number of piperazine rings is 1. The minimum atomic E-state index is -3.57. The molecule has 1 amide bonds. The summed E-state index contributed by atoms with van der Waals surface area (Å²) in [5.41, 5.74) is 3.77. The van der Waals surface area contributed by atoms with Crippen LogP contribution in [0.2, 0.25) is 0 Å². The van der Waals surface area contributed by atoms with Crippen molar-refractivity contribution in [2.75, 3.05) is 32.8 Å². The van der Waals surface area contributed by atoms with Crippen LogP contribution in [-0.4, -0.2) is 56.3 Å². The van der Waals surface area contributed by atoms with Gasteiger partial charge < -0.3 is 9.64 Å². The van der Waals surface area contributed by atoms with Crippen molar-refractivity contribution in [1.29, 1.82) is 0 Å². The maximum atomic E-state index is 13.0. The number of sulfonamides is 1. The van der Waals surface area contributed by atoms with Gasteiger partial charge in [0.25, 0.3) is 5.91 Å². The first-order valence-electron chi connectivity index (χ1n) is 9.74. The van der Waals surface area contributed by atoms with Crippen LogP contribution in [0.15, 0.2) is 41.3 Å². The van der Waals surface area contributed by atoms with Gasteiger partial charge in [-0.05, 0) is 56.5 Å². The van der Waals surface area contributed by atoms with Crippen LogP contribution in [0.25, 0.3) is 0 Å². The molecule has 0 radical (unpaired) electrons. The Balaban J connectivity index is 1.59. The van der Waals surface area contributed by atoms with Crippen LogP contribution in [0.3, 0.4) is 0 Å². The van der Waals surface area contributed by atoms with Crippen molar-refractivity contribution in [2.24, 2.45) is 0 Å². The average molecular weight is 417 g/mol. The maximum absolute atomic E-state index is 13.0. The van der Waals surface area contributed by atoms with Gasteiger partial charge in [0.05, 0.1) is 4.90 Å². The van der Waals surface area contributed by atoms with E-state index in [1.807, 2.05) is 51.1 Å². The molecule has 2 aromatic rings.